The third kappa shape index (κ3) is 6.48. The standard InChI is InChI=1S/C18H24FN3OS3/c1-3-5-6-13(4-2)11-20-16(23)12-25-17-21-22(18(24)26-17)15-9-7-14(19)8-10-15/h7-10,13H,3-6,11-12H2,1-2H3,(H,20,23)/t13-/m0/s1. The molecule has 1 atom stereocenters. The summed E-state index contributed by atoms with van der Waals surface area (Å²) in [5.41, 5.74) is 0.714. The minimum absolute atomic E-state index is 0.0133. The van der Waals surface area contributed by atoms with Crippen molar-refractivity contribution in [2.45, 2.75) is 43.9 Å². The Morgan fingerprint density at radius 2 is 2.12 bits per heavy atom. The summed E-state index contributed by atoms with van der Waals surface area (Å²) in [5.74, 6) is 0.574. The van der Waals surface area contributed by atoms with E-state index in [-0.39, 0.29) is 11.7 Å². The first-order valence-electron chi connectivity index (χ1n) is 8.79. The molecule has 142 valence electrons. The zero-order valence-corrected chi connectivity index (χ0v) is 17.5. The first kappa shape index (κ1) is 21.1. The van der Waals surface area contributed by atoms with E-state index >= 15 is 0 Å². The molecule has 1 N–H and O–H groups in total. The monoisotopic (exact) mass is 413 g/mol. The van der Waals surface area contributed by atoms with Gasteiger partial charge in [-0.3, -0.25) is 4.79 Å². The summed E-state index contributed by atoms with van der Waals surface area (Å²) < 4.78 is 15.9. The van der Waals surface area contributed by atoms with Crippen LogP contribution < -0.4 is 5.32 Å². The van der Waals surface area contributed by atoms with Crippen molar-refractivity contribution in [3.63, 3.8) is 0 Å². The fourth-order valence-corrected chi connectivity index (χ4v) is 4.64. The van der Waals surface area contributed by atoms with Gasteiger partial charge in [-0.1, -0.05) is 56.2 Å². The van der Waals surface area contributed by atoms with E-state index < -0.39 is 0 Å². The second-order valence-corrected chi connectivity index (χ2v) is 8.88. The van der Waals surface area contributed by atoms with Crippen LogP contribution in [-0.2, 0) is 4.79 Å². The molecule has 1 heterocycles. The second-order valence-electron chi connectivity index (χ2n) is 6.03. The largest absolute Gasteiger partial charge is 0.355 e. The Morgan fingerprint density at radius 3 is 2.77 bits per heavy atom. The highest BCUT2D eigenvalue weighted by molar-refractivity contribution is 8.01. The van der Waals surface area contributed by atoms with Gasteiger partial charge in [0.15, 0.2) is 8.29 Å². The summed E-state index contributed by atoms with van der Waals surface area (Å²) >= 11 is 8.04. The fraction of sp³-hybridized carbons (Fsp3) is 0.500. The number of benzene rings is 1. The van der Waals surface area contributed by atoms with Crippen molar-refractivity contribution in [2.24, 2.45) is 5.92 Å². The van der Waals surface area contributed by atoms with Crippen molar-refractivity contribution >= 4 is 41.2 Å². The molecule has 26 heavy (non-hydrogen) atoms. The summed E-state index contributed by atoms with van der Waals surface area (Å²) in [6, 6.07) is 6.01. The Morgan fingerprint density at radius 1 is 1.38 bits per heavy atom. The van der Waals surface area contributed by atoms with Crippen LogP contribution in [0.5, 0.6) is 0 Å². The summed E-state index contributed by atoms with van der Waals surface area (Å²) in [5, 5.41) is 7.44. The van der Waals surface area contributed by atoms with E-state index in [0.717, 1.165) is 23.7 Å². The third-order valence-electron chi connectivity index (χ3n) is 4.06. The number of thioether (sulfide) groups is 1. The highest BCUT2D eigenvalue weighted by atomic mass is 32.2. The lowest BCUT2D eigenvalue weighted by molar-refractivity contribution is -0.118. The topological polar surface area (TPSA) is 46.9 Å². The molecular weight excluding hydrogens is 389 g/mol. The predicted octanol–water partition coefficient (Wildman–Crippen LogP) is 5.23. The Bertz CT molecular complexity index is 758. The van der Waals surface area contributed by atoms with Crippen molar-refractivity contribution in [2.75, 3.05) is 12.3 Å². The van der Waals surface area contributed by atoms with Gasteiger partial charge in [0, 0.05) is 6.54 Å². The van der Waals surface area contributed by atoms with Gasteiger partial charge in [0.05, 0.1) is 11.4 Å². The normalized spacial score (nSPS) is 12.1. The molecule has 1 aromatic heterocycles. The van der Waals surface area contributed by atoms with Crippen LogP contribution in [0.15, 0.2) is 28.6 Å². The molecule has 2 aromatic rings. The van der Waals surface area contributed by atoms with Gasteiger partial charge in [0.1, 0.15) is 5.82 Å². The van der Waals surface area contributed by atoms with Crippen LogP contribution in [0.1, 0.15) is 39.5 Å². The summed E-state index contributed by atoms with van der Waals surface area (Å²) in [6.07, 6.45) is 4.62. The summed E-state index contributed by atoms with van der Waals surface area (Å²) in [6.45, 7) is 5.08. The second kappa shape index (κ2) is 10.8. The maximum absolute atomic E-state index is 13.0. The molecule has 0 aliphatic rings. The number of halogens is 1. The van der Waals surface area contributed by atoms with Crippen LogP contribution in [0.4, 0.5) is 4.39 Å². The van der Waals surface area contributed by atoms with Crippen molar-refractivity contribution in [1.82, 2.24) is 15.1 Å². The van der Waals surface area contributed by atoms with E-state index in [0.29, 0.717) is 21.3 Å². The van der Waals surface area contributed by atoms with Crippen LogP contribution in [0.2, 0.25) is 0 Å². The van der Waals surface area contributed by atoms with Crippen LogP contribution in [-0.4, -0.2) is 28.0 Å². The molecule has 0 unspecified atom stereocenters. The van der Waals surface area contributed by atoms with Crippen LogP contribution in [0.25, 0.3) is 5.69 Å². The number of nitrogens with zero attached hydrogens (tertiary/aromatic N) is 2. The highest BCUT2D eigenvalue weighted by Crippen LogP contribution is 2.24. The quantitative estimate of drug-likeness (QED) is 0.428. The van der Waals surface area contributed by atoms with E-state index in [1.165, 1.54) is 48.1 Å². The molecule has 0 aliphatic heterocycles. The molecule has 4 nitrogen and oxygen atoms in total. The molecule has 2 rings (SSSR count). The maximum atomic E-state index is 13.0. The van der Waals surface area contributed by atoms with Gasteiger partial charge in [0.25, 0.3) is 0 Å². The predicted molar refractivity (Wildman–Crippen MR) is 109 cm³/mol. The number of hydrogen-bond acceptors (Lipinski definition) is 5. The number of carbonyl (C=O) groups excluding carboxylic acids is 1. The zero-order valence-electron chi connectivity index (χ0n) is 15.0. The molecule has 0 spiro atoms. The smallest absolute Gasteiger partial charge is 0.230 e. The van der Waals surface area contributed by atoms with Gasteiger partial charge in [0.2, 0.25) is 5.91 Å². The average molecular weight is 414 g/mol. The van der Waals surface area contributed by atoms with E-state index in [2.05, 4.69) is 24.3 Å². The zero-order chi connectivity index (χ0) is 18.9. The fourth-order valence-electron chi connectivity index (χ4n) is 2.44. The van der Waals surface area contributed by atoms with Gasteiger partial charge >= 0.3 is 0 Å². The third-order valence-corrected chi connectivity index (χ3v) is 6.42. The minimum atomic E-state index is -0.300. The number of rotatable bonds is 10. The average Bonchev–Trinajstić information content (AvgIpc) is 3.01. The summed E-state index contributed by atoms with van der Waals surface area (Å²) in [4.78, 5) is 12.1. The number of aromatic nitrogens is 2. The van der Waals surface area contributed by atoms with Crippen LogP contribution in [0.3, 0.4) is 0 Å². The molecular formula is C18H24FN3OS3. The van der Waals surface area contributed by atoms with Crippen LogP contribution in [0, 0.1) is 15.7 Å². The van der Waals surface area contributed by atoms with Crippen molar-refractivity contribution in [3.8, 4) is 5.69 Å². The molecule has 1 amide bonds. The van der Waals surface area contributed by atoms with Crippen molar-refractivity contribution in [3.05, 3.63) is 34.0 Å². The molecule has 0 fully saturated rings. The first-order valence-corrected chi connectivity index (χ1v) is 11.0. The van der Waals surface area contributed by atoms with Gasteiger partial charge in [-0.15, -0.1) is 5.10 Å². The molecule has 8 heteroatoms. The lowest BCUT2D eigenvalue weighted by atomic mass is 9.99. The number of hydrogen-bond donors (Lipinski definition) is 1. The van der Waals surface area contributed by atoms with Gasteiger partial charge in [-0.05, 0) is 48.8 Å². The van der Waals surface area contributed by atoms with Gasteiger partial charge in [-0.25, -0.2) is 9.07 Å². The lowest BCUT2D eigenvalue weighted by Gasteiger charge is -2.14. The SMILES string of the molecule is CCCC[C@H](CC)CNC(=O)CSc1nn(-c2ccc(F)cc2)c(=S)s1. The Balaban J connectivity index is 1.86. The first-order chi connectivity index (χ1) is 12.5. The Labute approximate surface area is 167 Å². The molecule has 0 saturated carbocycles. The van der Waals surface area contributed by atoms with Crippen molar-refractivity contribution in [1.29, 1.82) is 0 Å². The van der Waals surface area contributed by atoms with E-state index in [4.69, 9.17) is 12.2 Å². The molecule has 0 saturated heterocycles. The van der Waals surface area contributed by atoms with E-state index in [9.17, 15) is 9.18 Å². The molecule has 0 aliphatic carbocycles. The lowest BCUT2D eigenvalue weighted by Crippen LogP contribution is -2.30. The number of unbranched alkanes of at least 4 members (excludes halogenated alkanes) is 1. The minimum Gasteiger partial charge on any atom is -0.355 e. The molecule has 0 radical (unpaired) electrons. The number of amides is 1. The van der Waals surface area contributed by atoms with Crippen LogP contribution >= 0.6 is 35.3 Å². The number of nitrogens with one attached hydrogen (secondary N) is 1. The Hall–Kier alpha value is -1.25. The van der Waals surface area contributed by atoms with E-state index in [1.54, 1.807) is 16.8 Å². The van der Waals surface area contributed by atoms with Gasteiger partial charge in [-0.2, -0.15) is 0 Å². The summed E-state index contributed by atoms with van der Waals surface area (Å²) in [7, 11) is 0. The molecule has 1 aromatic carbocycles. The number of carbonyl (C=O) groups is 1. The Kier molecular flexibility index (Phi) is 8.74. The maximum Gasteiger partial charge on any atom is 0.230 e. The van der Waals surface area contributed by atoms with E-state index in [1.807, 2.05) is 0 Å². The van der Waals surface area contributed by atoms with Crippen molar-refractivity contribution < 1.29 is 9.18 Å². The highest BCUT2D eigenvalue weighted by Gasteiger charge is 2.11. The van der Waals surface area contributed by atoms with Gasteiger partial charge < -0.3 is 5.32 Å². The molecule has 0 bridgehead atoms.